The Morgan fingerprint density at radius 2 is 1.93 bits per heavy atom. The molecule has 136 valence electrons. The molecule has 3 nitrogen and oxygen atoms in total. The van der Waals surface area contributed by atoms with E-state index in [1.165, 1.54) is 12.1 Å². The number of nitrogens with zero attached hydrogens (tertiary/aromatic N) is 2. The first kappa shape index (κ1) is 18.2. The Morgan fingerprint density at radius 1 is 1.07 bits per heavy atom. The van der Waals surface area contributed by atoms with E-state index in [1.54, 1.807) is 42.0 Å². The Morgan fingerprint density at radius 3 is 2.74 bits per heavy atom. The molecule has 3 aromatic rings. The smallest absolute Gasteiger partial charge is 0.123 e. The van der Waals surface area contributed by atoms with E-state index in [9.17, 15) is 4.39 Å². The molecular weight excluding hydrogens is 377 g/mol. The molecule has 4 rings (SSSR count). The van der Waals surface area contributed by atoms with Crippen LogP contribution in [0.2, 0.25) is 0 Å². The van der Waals surface area contributed by atoms with Crippen LogP contribution < -0.4 is 4.72 Å². The van der Waals surface area contributed by atoms with Gasteiger partial charge in [-0.2, -0.15) is 0 Å². The van der Waals surface area contributed by atoms with Crippen LogP contribution in [0.3, 0.4) is 0 Å². The van der Waals surface area contributed by atoms with E-state index in [0.29, 0.717) is 0 Å². The van der Waals surface area contributed by atoms with Gasteiger partial charge in [0.05, 0.1) is 11.4 Å². The Bertz CT molecular complexity index is 987. The molecule has 0 amide bonds. The minimum atomic E-state index is -0.260. The predicted molar refractivity (Wildman–Crippen MR) is 111 cm³/mol. The second-order valence-electron chi connectivity index (χ2n) is 6.05. The van der Waals surface area contributed by atoms with Gasteiger partial charge in [0.15, 0.2) is 0 Å². The van der Waals surface area contributed by atoms with E-state index in [2.05, 4.69) is 34.8 Å². The molecule has 27 heavy (non-hydrogen) atoms. The van der Waals surface area contributed by atoms with E-state index in [0.717, 1.165) is 50.3 Å². The lowest BCUT2D eigenvalue weighted by Gasteiger charge is -2.07. The highest BCUT2D eigenvalue weighted by atomic mass is 32.2. The minimum Gasteiger partial charge on any atom is -0.260 e. The highest BCUT2D eigenvalue weighted by Gasteiger charge is 2.20. The lowest BCUT2D eigenvalue weighted by atomic mass is 10.1. The van der Waals surface area contributed by atoms with Crippen molar-refractivity contribution in [3.8, 4) is 0 Å². The lowest BCUT2D eigenvalue weighted by molar-refractivity contribution is 0.628. The van der Waals surface area contributed by atoms with Gasteiger partial charge in [-0.15, -0.1) is 0 Å². The van der Waals surface area contributed by atoms with Crippen LogP contribution in [-0.2, 0) is 0 Å². The highest BCUT2D eigenvalue weighted by Crippen LogP contribution is 2.41. The van der Waals surface area contributed by atoms with Gasteiger partial charge in [-0.25, -0.2) is 9.38 Å². The van der Waals surface area contributed by atoms with Crippen molar-refractivity contribution in [3.05, 3.63) is 77.9 Å². The fourth-order valence-corrected chi connectivity index (χ4v) is 4.48. The van der Waals surface area contributed by atoms with Crippen molar-refractivity contribution in [3.63, 3.8) is 0 Å². The molecule has 1 aliphatic heterocycles. The molecule has 0 radical (unpaired) electrons. The van der Waals surface area contributed by atoms with Gasteiger partial charge in [-0.1, -0.05) is 18.7 Å². The van der Waals surface area contributed by atoms with Crippen molar-refractivity contribution in [2.45, 2.75) is 28.0 Å². The fraction of sp³-hybridized carbons (Fsp3) is 0.143. The van der Waals surface area contributed by atoms with Crippen LogP contribution >= 0.6 is 23.7 Å². The molecule has 0 spiro atoms. The molecule has 0 fully saturated rings. The van der Waals surface area contributed by atoms with Gasteiger partial charge in [0.1, 0.15) is 11.5 Å². The van der Waals surface area contributed by atoms with Crippen molar-refractivity contribution in [2.75, 3.05) is 6.54 Å². The van der Waals surface area contributed by atoms with E-state index >= 15 is 0 Å². The van der Waals surface area contributed by atoms with Crippen molar-refractivity contribution in [1.29, 1.82) is 0 Å². The third kappa shape index (κ3) is 4.08. The molecule has 0 saturated heterocycles. The molecule has 0 aliphatic carbocycles. The molecule has 1 aliphatic rings. The van der Waals surface area contributed by atoms with E-state index < -0.39 is 0 Å². The Kier molecular flexibility index (Phi) is 5.57. The zero-order valence-electron chi connectivity index (χ0n) is 14.8. The average Bonchev–Trinajstić information content (AvgIpc) is 2.85. The van der Waals surface area contributed by atoms with Crippen molar-refractivity contribution < 1.29 is 4.39 Å². The zero-order chi connectivity index (χ0) is 18.6. The summed E-state index contributed by atoms with van der Waals surface area (Å²) in [5.74, 6) is -0.260. The Hall–Kier alpha value is -2.15. The second-order valence-corrected chi connectivity index (χ2v) is 8.09. The zero-order valence-corrected chi connectivity index (χ0v) is 16.4. The molecule has 0 atom stereocenters. The minimum absolute atomic E-state index is 0.260. The maximum absolute atomic E-state index is 13.4. The van der Waals surface area contributed by atoms with Gasteiger partial charge in [-0.05, 0) is 73.0 Å². The van der Waals surface area contributed by atoms with E-state index in [-0.39, 0.29) is 5.82 Å². The number of pyridine rings is 1. The summed E-state index contributed by atoms with van der Waals surface area (Å²) in [6, 6.07) is 16.7. The maximum atomic E-state index is 13.4. The molecule has 0 unspecified atom stereocenters. The van der Waals surface area contributed by atoms with Gasteiger partial charge in [-0.3, -0.25) is 9.71 Å². The molecular formula is C21H18FN3S2. The Balaban J connectivity index is 1.80. The van der Waals surface area contributed by atoms with Gasteiger partial charge < -0.3 is 0 Å². The van der Waals surface area contributed by atoms with Gasteiger partial charge in [0.2, 0.25) is 0 Å². The van der Waals surface area contributed by atoms with Crippen LogP contribution in [0.5, 0.6) is 0 Å². The maximum Gasteiger partial charge on any atom is 0.123 e. The number of aromatic nitrogens is 1. The van der Waals surface area contributed by atoms with Gasteiger partial charge in [0, 0.05) is 33.0 Å². The van der Waals surface area contributed by atoms with Gasteiger partial charge >= 0.3 is 0 Å². The number of halogens is 1. The monoisotopic (exact) mass is 395 g/mol. The van der Waals surface area contributed by atoms with E-state index in [4.69, 9.17) is 4.99 Å². The molecule has 1 aromatic heterocycles. The highest BCUT2D eigenvalue weighted by molar-refractivity contribution is 7.99. The fourth-order valence-electron chi connectivity index (χ4n) is 2.72. The summed E-state index contributed by atoms with van der Waals surface area (Å²) in [4.78, 5) is 12.7. The quantitative estimate of drug-likeness (QED) is 0.339. The molecule has 1 N–H and O–H groups in total. The van der Waals surface area contributed by atoms with Crippen LogP contribution in [0.4, 0.5) is 10.1 Å². The number of nitrogens with one attached hydrogen (secondary N) is 1. The van der Waals surface area contributed by atoms with Crippen LogP contribution in [0.15, 0.2) is 80.5 Å². The van der Waals surface area contributed by atoms with Crippen molar-refractivity contribution in [1.82, 2.24) is 9.71 Å². The number of benzene rings is 2. The van der Waals surface area contributed by atoms with Crippen LogP contribution in [0, 0.1) is 5.82 Å². The topological polar surface area (TPSA) is 37.3 Å². The Labute approximate surface area is 166 Å². The van der Waals surface area contributed by atoms with Crippen molar-refractivity contribution in [2.24, 2.45) is 4.99 Å². The number of hydrogen-bond acceptors (Lipinski definition) is 5. The molecule has 2 aromatic carbocycles. The second kappa shape index (κ2) is 8.25. The number of aliphatic imine (C=N–C) groups is 1. The molecule has 0 bridgehead atoms. The first-order valence-electron chi connectivity index (χ1n) is 8.76. The van der Waals surface area contributed by atoms with E-state index in [1.807, 2.05) is 12.1 Å². The average molecular weight is 396 g/mol. The third-order valence-corrected chi connectivity index (χ3v) is 5.99. The molecule has 2 heterocycles. The van der Waals surface area contributed by atoms with Crippen LogP contribution in [-0.4, -0.2) is 17.2 Å². The summed E-state index contributed by atoms with van der Waals surface area (Å²) in [7, 11) is 0. The SMILES string of the molecule is CCCNSc1ccc2c(c1)N=C(c1ccc(F)cc1)c1ncccc1S2. The summed E-state index contributed by atoms with van der Waals surface area (Å²) in [6.07, 6.45) is 2.85. The van der Waals surface area contributed by atoms with Crippen LogP contribution in [0.25, 0.3) is 0 Å². The summed E-state index contributed by atoms with van der Waals surface area (Å²) >= 11 is 3.27. The number of rotatable bonds is 5. The largest absolute Gasteiger partial charge is 0.260 e. The summed E-state index contributed by atoms with van der Waals surface area (Å²) in [5, 5.41) is 0. The third-order valence-electron chi connectivity index (χ3n) is 4.04. The van der Waals surface area contributed by atoms with Gasteiger partial charge in [0.25, 0.3) is 0 Å². The normalized spacial score (nSPS) is 12.7. The molecule has 0 saturated carbocycles. The summed E-state index contributed by atoms with van der Waals surface area (Å²) < 4.78 is 16.7. The van der Waals surface area contributed by atoms with Crippen molar-refractivity contribution >= 4 is 35.1 Å². The summed E-state index contributed by atoms with van der Waals surface area (Å²) in [6.45, 7) is 3.10. The first-order valence-corrected chi connectivity index (χ1v) is 10.4. The predicted octanol–water partition coefficient (Wildman–Crippen LogP) is 5.86. The summed E-state index contributed by atoms with van der Waals surface area (Å²) in [5.41, 5.74) is 3.34. The van der Waals surface area contributed by atoms with Crippen LogP contribution in [0.1, 0.15) is 24.6 Å². The lowest BCUT2D eigenvalue weighted by Crippen LogP contribution is -2.06. The molecule has 6 heteroatoms. The first-order chi connectivity index (χ1) is 13.2. The number of hydrogen-bond donors (Lipinski definition) is 1. The number of fused-ring (bicyclic) bond motifs is 2. The standard InChI is InChI=1S/C21H18FN3S2/c1-2-11-24-27-16-9-10-18-17(13-16)25-20(14-5-7-15(22)8-6-14)21-19(26-18)4-3-12-23-21/h3-10,12-13,24H,2,11H2,1H3.